The number of benzene rings is 1. The van der Waals surface area contributed by atoms with Gasteiger partial charge in [0, 0.05) is 7.05 Å². The Hall–Kier alpha value is -1.25. The SMILES string of the molecule is CN/N=C\c1ccccc1B(C)C. The Morgan fingerprint density at radius 2 is 2.00 bits per heavy atom. The molecule has 0 aromatic heterocycles. The van der Waals surface area contributed by atoms with E-state index in [2.05, 4.69) is 42.4 Å². The van der Waals surface area contributed by atoms with Crippen LogP contribution in [-0.4, -0.2) is 20.0 Å². The third kappa shape index (κ3) is 2.62. The van der Waals surface area contributed by atoms with E-state index >= 15 is 0 Å². The number of hydrogen-bond acceptors (Lipinski definition) is 2. The van der Waals surface area contributed by atoms with Crippen molar-refractivity contribution in [2.45, 2.75) is 13.6 Å². The lowest BCUT2D eigenvalue weighted by atomic mass is 9.48. The van der Waals surface area contributed by atoms with E-state index in [0.717, 1.165) is 0 Å². The quantitative estimate of drug-likeness (QED) is 0.415. The number of nitrogens with one attached hydrogen (secondary N) is 1. The summed E-state index contributed by atoms with van der Waals surface area (Å²) in [6.45, 7) is 4.91. The Bertz CT molecular complexity index is 295. The molecule has 0 aliphatic heterocycles. The van der Waals surface area contributed by atoms with Crippen LogP contribution in [0.1, 0.15) is 5.56 Å². The van der Waals surface area contributed by atoms with Crippen molar-refractivity contribution in [3.63, 3.8) is 0 Å². The summed E-state index contributed by atoms with van der Waals surface area (Å²) in [4.78, 5) is 0. The van der Waals surface area contributed by atoms with Crippen LogP contribution in [0, 0.1) is 0 Å². The van der Waals surface area contributed by atoms with E-state index in [1.54, 1.807) is 7.05 Å². The minimum absolute atomic E-state index is 0.541. The third-order valence-electron chi connectivity index (χ3n) is 1.95. The fourth-order valence-corrected chi connectivity index (χ4v) is 1.29. The predicted octanol–water partition coefficient (Wildman–Crippen LogP) is 1.20. The van der Waals surface area contributed by atoms with Crippen molar-refractivity contribution in [2.75, 3.05) is 7.05 Å². The second-order valence-electron chi connectivity index (χ2n) is 3.27. The van der Waals surface area contributed by atoms with Crippen molar-refractivity contribution in [1.29, 1.82) is 0 Å². The highest BCUT2D eigenvalue weighted by Crippen LogP contribution is 1.95. The Morgan fingerprint density at radius 3 is 2.62 bits per heavy atom. The highest BCUT2D eigenvalue weighted by atomic mass is 15.3. The molecule has 3 heteroatoms. The average Bonchev–Trinajstić information content (AvgIpc) is 2.15. The molecule has 0 bridgehead atoms. The zero-order chi connectivity index (χ0) is 9.68. The van der Waals surface area contributed by atoms with Gasteiger partial charge in [-0.15, -0.1) is 0 Å². The number of nitrogens with zero attached hydrogens (tertiary/aromatic N) is 1. The summed E-state index contributed by atoms with van der Waals surface area (Å²) in [6.07, 6.45) is 1.86. The Labute approximate surface area is 80.1 Å². The van der Waals surface area contributed by atoms with E-state index in [1.807, 2.05) is 12.3 Å². The lowest BCUT2D eigenvalue weighted by Crippen LogP contribution is -2.26. The Morgan fingerprint density at radius 1 is 1.31 bits per heavy atom. The fraction of sp³-hybridized carbons (Fsp3) is 0.300. The summed E-state index contributed by atoms with van der Waals surface area (Å²) in [5.74, 6) is 0. The second-order valence-corrected chi connectivity index (χ2v) is 3.27. The van der Waals surface area contributed by atoms with Crippen molar-refractivity contribution in [2.24, 2.45) is 5.10 Å². The van der Waals surface area contributed by atoms with E-state index in [4.69, 9.17) is 0 Å². The predicted molar refractivity (Wildman–Crippen MR) is 60.2 cm³/mol. The van der Waals surface area contributed by atoms with Crippen molar-refractivity contribution >= 4 is 18.4 Å². The molecular weight excluding hydrogens is 159 g/mol. The number of hydrazone groups is 1. The molecule has 0 atom stereocenters. The van der Waals surface area contributed by atoms with Gasteiger partial charge < -0.3 is 5.43 Å². The molecule has 0 amide bonds. The first-order valence-corrected chi connectivity index (χ1v) is 4.54. The largest absolute Gasteiger partial charge is 0.313 e. The molecule has 0 saturated heterocycles. The van der Waals surface area contributed by atoms with Gasteiger partial charge in [0.1, 0.15) is 0 Å². The fourth-order valence-electron chi connectivity index (χ4n) is 1.29. The van der Waals surface area contributed by atoms with Crippen LogP contribution >= 0.6 is 0 Å². The normalized spacial score (nSPS) is 10.4. The van der Waals surface area contributed by atoms with Crippen molar-refractivity contribution in [3.8, 4) is 0 Å². The molecule has 1 aromatic carbocycles. The molecule has 0 aliphatic carbocycles. The molecule has 0 aliphatic rings. The topological polar surface area (TPSA) is 24.4 Å². The smallest absolute Gasteiger partial charge is 0.170 e. The lowest BCUT2D eigenvalue weighted by Gasteiger charge is -2.05. The van der Waals surface area contributed by atoms with Crippen molar-refractivity contribution < 1.29 is 0 Å². The second kappa shape index (κ2) is 4.70. The van der Waals surface area contributed by atoms with Crippen LogP contribution in [0.2, 0.25) is 13.6 Å². The first-order chi connectivity index (χ1) is 6.25. The van der Waals surface area contributed by atoms with Crippen LogP contribution in [0.15, 0.2) is 29.4 Å². The maximum atomic E-state index is 4.01. The number of hydrogen-bond donors (Lipinski definition) is 1. The van der Waals surface area contributed by atoms with Gasteiger partial charge in [0.15, 0.2) is 6.71 Å². The molecule has 1 rings (SSSR count). The monoisotopic (exact) mass is 174 g/mol. The van der Waals surface area contributed by atoms with Crippen LogP contribution in [-0.2, 0) is 0 Å². The molecule has 68 valence electrons. The van der Waals surface area contributed by atoms with Crippen LogP contribution < -0.4 is 10.9 Å². The first-order valence-electron chi connectivity index (χ1n) is 4.54. The summed E-state index contributed by atoms with van der Waals surface area (Å²) in [5, 5.41) is 4.01. The van der Waals surface area contributed by atoms with Gasteiger partial charge in [-0.05, 0) is 5.56 Å². The van der Waals surface area contributed by atoms with Gasteiger partial charge in [0.25, 0.3) is 0 Å². The van der Waals surface area contributed by atoms with Crippen LogP contribution in [0.25, 0.3) is 0 Å². The molecule has 0 radical (unpaired) electrons. The zero-order valence-electron chi connectivity index (χ0n) is 8.41. The molecule has 13 heavy (non-hydrogen) atoms. The molecule has 0 fully saturated rings. The molecule has 1 N–H and O–H groups in total. The van der Waals surface area contributed by atoms with Gasteiger partial charge in [0.05, 0.1) is 6.21 Å². The minimum Gasteiger partial charge on any atom is -0.313 e. The number of rotatable bonds is 3. The summed E-state index contributed by atoms with van der Waals surface area (Å²) in [6, 6.07) is 8.31. The summed E-state index contributed by atoms with van der Waals surface area (Å²) in [5.41, 5.74) is 5.27. The average molecular weight is 174 g/mol. The van der Waals surface area contributed by atoms with Gasteiger partial charge in [-0.3, -0.25) is 0 Å². The molecular formula is C10H15BN2. The molecule has 0 heterocycles. The standard InChI is InChI=1S/C10H15BN2/c1-11(2)10-7-5-4-6-9(10)8-13-12-3/h4-8,12H,1-3H3/b13-8-. The Kier molecular flexibility index (Phi) is 3.56. The molecule has 0 saturated carbocycles. The van der Waals surface area contributed by atoms with Gasteiger partial charge >= 0.3 is 0 Å². The van der Waals surface area contributed by atoms with E-state index in [9.17, 15) is 0 Å². The van der Waals surface area contributed by atoms with Crippen LogP contribution in [0.4, 0.5) is 0 Å². The molecule has 1 aromatic rings. The minimum atomic E-state index is 0.541. The van der Waals surface area contributed by atoms with Crippen LogP contribution in [0.5, 0.6) is 0 Å². The zero-order valence-corrected chi connectivity index (χ0v) is 8.41. The highest BCUT2D eigenvalue weighted by Gasteiger charge is 2.05. The van der Waals surface area contributed by atoms with Crippen molar-refractivity contribution in [3.05, 3.63) is 29.8 Å². The van der Waals surface area contributed by atoms with E-state index < -0.39 is 0 Å². The van der Waals surface area contributed by atoms with E-state index in [-0.39, 0.29) is 0 Å². The van der Waals surface area contributed by atoms with E-state index in [0.29, 0.717) is 6.71 Å². The highest BCUT2D eigenvalue weighted by molar-refractivity contribution is 6.71. The lowest BCUT2D eigenvalue weighted by molar-refractivity contribution is 0.908. The molecule has 0 spiro atoms. The van der Waals surface area contributed by atoms with E-state index in [1.165, 1.54) is 11.0 Å². The van der Waals surface area contributed by atoms with Gasteiger partial charge in [-0.2, -0.15) is 5.10 Å². The van der Waals surface area contributed by atoms with Gasteiger partial charge in [0.2, 0.25) is 0 Å². The maximum absolute atomic E-state index is 4.01. The third-order valence-corrected chi connectivity index (χ3v) is 1.95. The summed E-state index contributed by atoms with van der Waals surface area (Å²) < 4.78 is 0. The summed E-state index contributed by atoms with van der Waals surface area (Å²) in [7, 11) is 1.80. The van der Waals surface area contributed by atoms with Crippen LogP contribution in [0.3, 0.4) is 0 Å². The van der Waals surface area contributed by atoms with Crippen molar-refractivity contribution in [1.82, 2.24) is 5.43 Å². The first kappa shape index (κ1) is 9.84. The summed E-state index contributed by atoms with van der Waals surface area (Å²) >= 11 is 0. The Balaban J connectivity index is 2.97. The maximum Gasteiger partial charge on any atom is 0.170 e. The van der Waals surface area contributed by atoms with Gasteiger partial charge in [-0.1, -0.05) is 43.4 Å². The molecule has 0 unspecified atom stereocenters. The molecule has 2 nitrogen and oxygen atoms in total. The van der Waals surface area contributed by atoms with Gasteiger partial charge in [-0.25, -0.2) is 0 Å².